The van der Waals surface area contributed by atoms with Crippen LogP contribution in [0.4, 0.5) is 4.79 Å². The quantitative estimate of drug-likeness (QED) is 0.420. The zero-order valence-electron chi connectivity index (χ0n) is 19.5. The van der Waals surface area contributed by atoms with E-state index in [1.807, 2.05) is 58.0 Å². The summed E-state index contributed by atoms with van der Waals surface area (Å²) in [4.78, 5) is 49.2. The van der Waals surface area contributed by atoms with Gasteiger partial charge in [0.25, 0.3) is 0 Å². The predicted octanol–water partition coefficient (Wildman–Crippen LogP) is 2.15. The summed E-state index contributed by atoms with van der Waals surface area (Å²) >= 11 is 0. The molecule has 3 amide bonds. The van der Waals surface area contributed by atoms with Crippen molar-refractivity contribution in [3.8, 4) is 0 Å². The van der Waals surface area contributed by atoms with Crippen molar-refractivity contribution < 1.29 is 28.7 Å². The van der Waals surface area contributed by atoms with Crippen LogP contribution in [0.3, 0.4) is 0 Å². The van der Waals surface area contributed by atoms with Gasteiger partial charge in [-0.05, 0) is 23.8 Å². The molecule has 9 heteroatoms. The second kappa shape index (κ2) is 14.1. The number of esters is 1. The molecule has 0 heterocycles. The molecule has 0 unspecified atom stereocenters. The number of hydrogen-bond donors (Lipinski definition) is 3. The minimum Gasteiger partial charge on any atom is -0.468 e. The number of amides is 3. The van der Waals surface area contributed by atoms with Crippen molar-refractivity contribution in [2.45, 2.75) is 59.2 Å². The fourth-order valence-electron chi connectivity index (χ4n) is 2.91. The lowest BCUT2D eigenvalue weighted by Crippen LogP contribution is -2.56. The molecule has 0 fully saturated rings. The van der Waals surface area contributed by atoms with Gasteiger partial charge in [0, 0.05) is 0 Å². The molecule has 0 saturated carbocycles. The smallest absolute Gasteiger partial charge is 0.408 e. The van der Waals surface area contributed by atoms with Gasteiger partial charge in [0.05, 0.1) is 7.11 Å². The third-order valence-electron chi connectivity index (χ3n) is 4.96. The normalized spacial score (nSPS) is 13.4. The summed E-state index contributed by atoms with van der Waals surface area (Å²) in [6.07, 6.45) is 0.273. The van der Waals surface area contributed by atoms with E-state index in [1.165, 1.54) is 7.11 Å². The van der Waals surface area contributed by atoms with Crippen LogP contribution in [0.2, 0.25) is 0 Å². The molecule has 178 valence electrons. The molecule has 0 aromatic heterocycles. The van der Waals surface area contributed by atoms with Crippen LogP contribution in [0.15, 0.2) is 30.3 Å². The first-order chi connectivity index (χ1) is 15.2. The summed E-state index contributed by atoms with van der Waals surface area (Å²) in [6, 6.07) is 7.46. The van der Waals surface area contributed by atoms with Crippen LogP contribution in [0, 0.1) is 11.8 Å². The van der Waals surface area contributed by atoms with Gasteiger partial charge in [0.2, 0.25) is 11.8 Å². The van der Waals surface area contributed by atoms with Gasteiger partial charge in [-0.2, -0.15) is 0 Å². The molecule has 0 aliphatic carbocycles. The number of rotatable bonds is 12. The Morgan fingerprint density at radius 1 is 0.969 bits per heavy atom. The summed E-state index contributed by atoms with van der Waals surface area (Å²) in [5.41, 5.74) is 0.825. The highest BCUT2D eigenvalue weighted by molar-refractivity contribution is 5.92. The molecule has 1 rings (SSSR count). The van der Waals surface area contributed by atoms with E-state index in [0.29, 0.717) is 12.8 Å². The molecule has 32 heavy (non-hydrogen) atoms. The fraction of sp³-hybridized carbons (Fsp3) is 0.565. The highest BCUT2D eigenvalue weighted by Crippen LogP contribution is 2.11. The van der Waals surface area contributed by atoms with Crippen molar-refractivity contribution in [1.29, 1.82) is 0 Å². The largest absolute Gasteiger partial charge is 0.468 e. The van der Waals surface area contributed by atoms with Gasteiger partial charge >= 0.3 is 12.1 Å². The van der Waals surface area contributed by atoms with E-state index in [9.17, 15) is 19.2 Å². The van der Waals surface area contributed by atoms with Gasteiger partial charge in [0.1, 0.15) is 25.2 Å². The maximum absolute atomic E-state index is 13.0. The summed E-state index contributed by atoms with van der Waals surface area (Å²) in [6.45, 7) is 7.34. The average Bonchev–Trinajstić information content (AvgIpc) is 2.78. The summed E-state index contributed by atoms with van der Waals surface area (Å²) in [7, 11) is 1.22. The Morgan fingerprint density at radius 3 is 2.19 bits per heavy atom. The number of alkyl carbamates (subject to hydrolysis) is 1. The van der Waals surface area contributed by atoms with Gasteiger partial charge in [-0.3, -0.25) is 14.4 Å². The molecule has 0 bridgehead atoms. The van der Waals surface area contributed by atoms with Gasteiger partial charge in [0.15, 0.2) is 0 Å². The first-order valence-electron chi connectivity index (χ1n) is 10.8. The number of ether oxygens (including phenoxy) is 2. The Morgan fingerprint density at radius 2 is 1.62 bits per heavy atom. The lowest BCUT2D eigenvalue weighted by atomic mass is 9.97. The Hall–Kier alpha value is -3.10. The maximum Gasteiger partial charge on any atom is 0.408 e. The molecule has 9 nitrogen and oxygen atoms in total. The molecule has 0 spiro atoms. The van der Waals surface area contributed by atoms with Crippen molar-refractivity contribution in [2.75, 3.05) is 13.7 Å². The number of nitrogens with one attached hydrogen (secondary N) is 3. The molecule has 0 aliphatic heterocycles. The molecule has 0 radical (unpaired) electrons. The molecule has 0 aliphatic rings. The molecule has 1 aromatic rings. The number of carbonyl (C=O) groups is 4. The van der Waals surface area contributed by atoms with E-state index in [1.54, 1.807) is 0 Å². The van der Waals surface area contributed by atoms with E-state index in [0.717, 1.165) is 5.56 Å². The van der Waals surface area contributed by atoms with E-state index < -0.39 is 36.0 Å². The third-order valence-corrected chi connectivity index (χ3v) is 4.96. The van der Waals surface area contributed by atoms with Gasteiger partial charge in [-0.1, -0.05) is 64.4 Å². The summed E-state index contributed by atoms with van der Waals surface area (Å²) in [5.74, 6) is -1.66. The lowest BCUT2D eigenvalue weighted by molar-refractivity contribution is -0.141. The molecule has 0 saturated heterocycles. The summed E-state index contributed by atoms with van der Waals surface area (Å²) in [5, 5.41) is 7.79. The van der Waals surface area contributed by atoms with Crippen molar-refractivity contribution in [3.05, 3.63) is 35.9 Å². The third kappa shape index (κ3) is 9.80. The fourth-order valence-corrected chi connectivity index (χ4v) is 2.91. The minimum absolute atomic E-state index is 0.0768. The molecule has 3 atom stereocenters. The Bertz CT molecular complexity index is 753. The van der Waals surface area contributed by atoms with E-state index >= 15 is 0 Å². The van der Waals surface area contributed by atoms with Crippen LogP contribution >= 0.6 is 0 Å². The number of methoxy groups -OCH3 is 1. The zero-order chi connectivity index (χ0) is 24.1. The van der Waals surface area contributed by atoms with Crippen molar-refractivity contribution in [3.63, 3.8) is 0 Å². The van der Waals surface area contributed by atoms with E-state index in [4.69, 9.17) is 4.74 Å². The molecule has 1 aromatic carbocycles. The second-order valence-corrected chi connectivity index (χ2v) is 8.05. The maximum atomic E-state index is 13.0. The monoisotopic (exact) mass is 449 g/mol. The molecular formula is C23H35N3O6. The number of benzene rings is 1. The Kier molecular flexibility index (Phi) is 11.8. The molecular weight excluding hydrogens is 414 g/mol. The highest BCUT2D eigenvalue weighted by Gasteiger charge is 2.30. The van der Waals surface area contributed by atoms with Gasteiger partial charge in [-0.15, -0.1) is 0 Å². The van der Waals surface area contributed by atoms with Gasteiger partial charge in [-0.25, -0.2) is 4.79 Å². The van der Waals surface area contributed by atoms with Crippen LogP contribution in [-0.4, -0.2) is 49.6 Å². The number of hydrogen-bond acceptors (Lipinski definition) is 6. The summed E-state index contributed by atoms with van der Waals surface area (Å²) < 4.78 is 9.76. The van der Waals surface area contributed by atoms with Crippen molar-refractivity contribution in [1.82, 2.24) is 16.0 Å². The molecule has 3 N–H and O–H groups in total. The first kappa shape index (κ1) is 26.9. The Balaban J connectivity index is 2.80. The SMILES string of the molecule is CC[C@H](C)[C@@H](NC(=O)OCc1ccccc1)C(=O)N[C@@H](CC(C)C)C(=O)NCC(=O)OC. The standard InChI is InChI=1S/C23H35N3O6/c1-6-16(4)20(26-23(30)32-14-17-10-8-7-9-11-17)22(29)25-18(12-15(2)3)21(28)24-13-19(27)31-5/h7-11,15-16,18,20H,6,12-14H2,1-5H3,(H,24,28)(H,25,29)(H,26,30)/t16-,18-,20+/m0/s1. The average molecular weight is 450 g/mol. The zero-order valence-corrected chi connectivity index (χ0v) is 19.5. The minimum atomic E-state index is -0.883. The van der Waals surface area contributed by atoms with E-state index in [-0.39, 0.29) is 25.0 Å². The van der Waals surface area contributed by atoms with Gasteiger partial charge < -0.3 is 25.4 Å². The van der Waals surface area contributed by atoms with E-state index in [2.05, 4.69) is 20.7 Å². The lowest BCUT2D eigenvalue weighted by Gasteiger charge is -2.26. The predicted molar refractivity (Wildman–Crippen MR) is 119 cm³/mol. The van der Waals surface area contributed by atoms with Crippen LogP contribution < -0.4 is 16.0 Å². The number of carbonyl (C=O) groups excluding carboxylic acids is 4. The topological polar surface area (TPSA) is 123 Å². The van der Waals surface area contributed by atoms with Crippen LogP contribution in [0.5, 0.6) is 0 Å². The Labute approximate surface area is 189 Å². The van der Waals surface area contributed by atoms with Crippen LogP contribution in [-0.2, 0) is 30.5 Å². The van der Waals surface area contributed by atoms with Crippen molar-refractivity contribution in [2.24, 2.45) is 11.8 Å². The van der Waals surface area contributed by atoms with Crippen LogP contribution in [0.1, 0.15) is 46.1 Å². The highest BCUT2D eigenvalue weighted by atomic mass is 16.5. The second-order valence-electron chi connectivity index (χ2n) is 8.05. The first-order valence-corrected chi connectivity index (χ1v) is 10.8. The van der Waals surface area contributed by atoms with Crippen molar-refractivity contribution >= 4 is 23.9 Å². The van der Waals surface area contributed by atoms with Crippen LogP contribution in [0.25, 0.3) is 0 Å².